The van der Waals surface area contributed by atoms with Crippen molar-refractivity contribution in [2.24, 2.45) is 5.16 Å². The molecule has 13 heteroatoms. The second-order valence-electron chi connectivity index (χ2n) is 8.51. The minimum absolute atomic E-state index is 0.0733. The fourth-order valence-electron chi connectivity index (χ4n) is 3.81. The summed E-state index contributed by atoms with van der Waals surface area (Å²) in [5.74, 6) is -0.654. The largest absolute Gasteiger partial charge is 0.389 e. The van der Waals surface area contributed by atoms with Crippen LogP contribution in [0, 0.1) is 5.13 Å². The van der Waals surface area contributed by atoms with Gasteiger partial charge in [-0.25, -0.2) is 13.4 Å². The van der Waals surface area contributed by atoms with Gasteiger partial charge in [0.1, 0.15) is 0 Å². The minimum Gasteiger partial charge on any atom is -0.389 e. The molecule has 0 saturated carbocycles. The monoisotopic (exact) mass is 525 g/mol. The molecule has 1 aromatic carbocycles. The normalized spacial score (nSPS) is 20.3. The van der Waals surface area contributed by atoms with Gasteiger partial charge in [-0.2, -0.15) is 8.70 Å². The number of benzene rings is 1. The van der Waals surface area contributed by atoms with Gasteiger partial charge in [0.25, 0.3) is 5.91 Å². The molecule has 190 valence electrons. The number of carbonyl (C=O) groups excluding carboxylic acids is 1. The Balaban J connectivity index is 1.52. The molecule has 4 rings (SSSR count). The van der Waals surface area contributed by atoms with E-state index < -0.39 is 21.1 Å². The lowest BCUT2D eigenvalue weighted by Gasteiger charge is -2.36. The zero-order valence-electron chi connectivity index (χ0n) is 19.5. The van der Waals surface area contributed by atoms with Crippen LogP contribution < -0.4 is 5.32 Å². The van der Waals surface area contributed by atoms with Crippen LogP contribution in [0.1, 0.15) is 25.8 Å². The molecule has 0 unspecified atom stereocenters. The number of ether oxygens (including phenoxy) is 1. The fraction of sp³-hybridized carbons (Fsp3) is 0.500. The number of thiazole rings is 1. The summed E-state index contributed by atoms with van der Waals surface area (Å²) in [6, 6.07) is 6.27. The Morgan fingerprint density at radius 1 is 1.26 bits per heavy atom. The molecule has 0 spiro atoms. The summed E-state index contributed by atoms with van der Waals surface area (Å²) in [6.45, 7) is 7.25. The van der Waals surface area contributed by atoms with Crippen molar-refractivity contribution in [1.29, 1.82) is 0 Å². The van der Waals surface area contributed by atoms with Crippen LogP contribution >= 0.6 is 11.3 Å². The second-order valence-corrected chi connectivity index (χ2v) is 11.4. The van der Waals surface area contributed by atoms with Crippen LogP contribution in [0.5, 0.6) is 0 Å². The Morgan fingerprint density at radius 3 is 2.54 bits per heavy atom. The maximum absolute atomic E-state index is 13.3. The summed E-state index contributed by atoms with van der Waals surface area (Å²) in [5.41, 5.74) is 0.268. The van der Waals surface area contributed by atoms with Gasteiger partial charge in [-0.05, 0) is 26.0 Å². The van der Waals surface area contributed by atoms with Crippen LogP contribution in [-0.2, 0) is 24.4 Å². The lowest BCUT2D eigenvalue weighted by atomic mass is 10.1. The summed E-state index contributed by atoms with van der Waals surface area (Å²) in [7, 11) is -3.68. The Morgan fingerprint density at radius 2 is 1.97 bits per heavy atom. The average Bonchev–Trinajstić information content (AvgIpc) is 3.51. The molecule has 0 radical (unpaired) electrons. The van der Waals surface area contributed by atoms with E-state index in [1.807, 2.05) is 0 Å². The molecular formula is C22H28FN5O5S2. The van der Waals surface area contributed by atoms with E-state index in [0.717, 1.165) is 6.20 Å². The molecular weight excluding hydrogens is 497 g/mol. The molecule has 1 atom stereocenters. The Hall–Kier alpha value is -2.45. The first kappa shape index (κ1) is 25.6. The highest BCUT2D eigenvalue weighted by Gasteiger charge is 2.29. The van der Waals surface area contributed by atoms with E-state index in [4.69, 9.17) is 9.57 Å². The van der Waals surface area contributed by atoms with Crippen LogP contribution in [0.3, 0.4) is 0 Å². The van der Waals surface area contributed by atoms with Gasteiger partial charge in [-0.1, -0.05) is 28.6 Å². The van der Waals surface area contributed by atoms with Crippen molar-refractivity contribution in [3.05, 3.63) is 41.2 Å². The number of aromatic nitrogens is 1. The van der Waals surface area contributed by atoms with E-state index >= 15 is 0 Å². The van der Waals surface area contributed by atoms with E-state index in [0.29, 0.717) is 68.8 Å². The number of sulfonamides is 1. The number of amides is 1. The number of anilines is 1. The smallest absolute Gasteiger partial charge is 0.280 e. The number of nitrogens with one attached hydrogen (secondary N) is 1. The van der Waals surface area contributed by atoms with Crippen LogP contribution in [-0.4, -0.2) is 85.8 Å². The van der Waals surface area contributed by atoms with Crippen LogP contribution in [0.15, 0.2) is 40.5 Å². The first-order valence-corrected chi connectivity index (χ1v) is 13.6. The Kier molecular flexibility index (Phi) is 8.12. The fourth-order valence-corrected chi connectivity index (χ4v) is 5.77. The third kappa shape index (κ3) is 6.22. The summed E-state index contributed by atoms with van der Waals surface area (Å²) in [5, 5.41) is 6.06. The van der Waals surface area contributed by atoms with Gasteiger partial charge in [0.2, 0.25) is 10.0 Å². The van der Waals surface area contributed by atoms with Crippen LogP contribution in [0.4, 0.5) is 9.52 Å². The molecule has 0 aliphatic carbocycles. The number of oxime groups is 1. The molecule has 2 aromatic rings. The Bertz CT molecular complexity index is 1160. The van der Waals surface area contributed by atoms with Crippen molar-refractivity contribution in [2.45, 2.75) is 37.3 Å². The maximum atomic E-state index is 13.3. The van der Waals surface area contributed by atoms with Gasteiger partial charge in [-0.15, -0.1) is 0 Å². The molecule has 2 saturated heterocycles. The predicted octanol–water partition coefficient (Wildman–Crippen LogP) is 2.15. The third-order valence-electron chi connectivity index (χ3n) is 5.86. The topological polar surface area (TPSA) is 113 Å². The lowest BCUT2D eigenvalue weighted by Crippen LogP contribution is -2.50. The number of piperazine rings is 1. The van der Waals surface area contributed by atoms with E-state index in [1.54, 1.807) is 0 Å². The van der Waals surface area contributed by atoms with E-state index in [9.17, 15) is 17.6 Å². The molecule has 3 heterocycles. The third-order valence-corrected chi connectivity index (χ3v) is 8.48. The summed E-state index contributed by atoms with van der Waals surface area (Å²) < 4.78 is 46.3. The molecule has 2 fully saturated rings. The van der Waals surface area contributed by atoms with Gasteiger partial charge < -0.3 is 9.57 Å². The molecule has 10 nitrogen and oxygen atoms in total. The summed E-state index contributed by atoms with van der Waals surface area (Å²) >= 11 is 0.682. The summed E-state index contributed by atoms with van der Waals surface area (Å²) in [6.07, 6.45) is 1.35. The molecule has 35 heavy (non-hydrogen) atoms. The Labute approximate surface area is 207 Å². The van der Waals surface area contributed by atoms with Crippen molar-refractivity contribution < 1.29 is 27.2 Å². The van der Waals surface area contributed by atoms with E-state index in [2.05, 4.69) is 34.2 Å². The van der Waals surface area contributed by atoms with Crippen molar-refractivity contribution >= 4 is 38.1 Å². The number of hydrogen-bond acceptors (Lipinski definition) is 9. The van der Waals surface area contributed by atoms with Crippen molar-refractivity contribution in [1.82, 2.24) is 14.2 Å². The molecule has 1 aromatic heterocycles. The van der Waals surface area contributed by atoms with E-state index in [-0.39, 0.29) is 21.8 Å². The number of halogens is 1. The highest BCUT2D eigenvalue weighted by Crippen LogP contribution is 2.21. The number of rotatable bonds is 8. The highest BCUT2D eigenvalue weighted by atomic mass is 32.2. The summed E-state index contributed by atoms with van der Waals surface area (Å²) in [4.78, 5) is 24.5. The second kappa shape index (κ2) is 11.1. The van der Waals surface area contributed by atoms with Crippen molar-refractivity contribution in [3.63, 3.8) is 0 Å². The minimum atomic E-state index is -3.68. The standard InChI is InChI=1S/C22H28FN5O5S2/c1-15(2)27-8-10-28(11-9-27)35(30,31)18-5-3-16(4-6-18)20(26-33-17-7-12-32-14-17)21(29)25-22-24-13-19(23)34-22/h3-6,13,15,17H,7-12,14H2,1-2H3,(H,24,25,29)/t17-/m1/s1. The first-order valence-electron chi connectivity index (χ1n) is 11.3. The molecule has 1 amide bonds. The van der Waals surface area contributed by atoms with Crippen molar-refractivity contribution in [3.8, 4) is 0 Å². The quantitative estimate of drug-likeness (QED) is 0.415. The van der Waals surface area contributed by atoms with Gasteiger partial charge >= 0.3 is 0 Å². The highest BCUT2D eigenvalue weighted by molar-refractivity contribution is 7.89. The first-order chi connectivity index (χ1) is 16.7. The molecule has 2 aliphatic heterocycles. The predicted molar refractivity (Wildman–Crippen MR) is 129 cm³/mol. The SMILES string of the molecule is CC(C)N1CCN(S(=O)(=O)c2ccc(C(=NO[C@@H]3CCOC3)C(=O)Nc3ncc(F)s3)cc2)CC1. The lowest BCUT2D eigenvalue weighted by molar-refractivity contribution is -0.110. The number of nitrogens with zero attached hydrogens (tertiary/aromatic N) is 4. The maximum Gasteiger partial charge on any atom is 0.280 e. The zero-order valence-corrected chi connectivity index (χ0v) is 21.1. The zero-order chi connectivity index (χ0) is 25.0. The molecule has 2 aliphatic rings. The average molecular weight is 526 g/mol. The molecule has 0 bridgehead atoms. The number of hydrogen-bond donors (Lipinski definition) is 1. The van der Waals surface area contributed by atoms with Crippen LogP contribution in [0.25, 0.3) is 0 Å². The van der Waals surface area contributed by atoms with Gasteiger partial charge in [0, 0.05) is 44.2 Å². The van der Waals surface area contributed by atoms with E-state index in [1.165, 1.54) is 28.6 Å². The van der Waals surface area contributed by atoms with Gasteiger partial charge in [-0.3, -0.25) is 15.0 Å². The van der Waals surface area contributed by atoms with Crippen molar-refractivity contribution in [2.75, 3.05) is 44.7 Å². The van der Waals surface area contributed by atoms with Crippen LogP contribution in [0.2, 0.25) is 0 Å². The van der Waals surface area contributed by atoms with Gasteiger partial charge in [0.05, 0.1) is 24.3 Å². The van der Waals surface area contributed by atoms with Gasteiger partial charge in [0.15, 0.2) is 22.1 Å². The number of carbonyl (C=O) groups is 1. The molecule has 1 N–H and O–H groups in total.